The Morgan fingerprint density at radius 1 is 0.786 bits per heavy atom. The van der Waals surface area contributed by atoms with Gasteiger partial charge in [-0.15, -0.1) is 0 Å². The van der Waals surface area contributed by atoms with Crippen LogP contribution in [-0.4, -0.2) is 16.7 Å². The van der Waals surface area contributed by atoms with Gasteiger partial charge in [0.2, 0.25) is 0 Å². The average molecular weight is 370 g/mol. The second-order valence-corrected chi connectivity index (χ2v) is 6.47. The summed E-state index contributed by atoms with van der Waals surface area (Å²) in [5.41, 5.74) is 4.16. The maximum atomic E-state index is 5.90. The minimum atomic E-state index is 0.450. The van der Waals surface area contributed by atoms with E-state index in [4.69, 9.17) is 14.5 Å². The topological polar surface area (TPSA) is 36.3 Å². The van der Waals surface area contributed by atoms with Crippen molar-refractivity contribution >= 4 is 0 Å². The van der Waals surface area contributed by atoms with Crippen LogP contribution in [0, 0.1) is 0 Å². The molecule has 0 aliphatic rings. The van der Waals surface area contributed by atoms with Crippen LogP contribution in [0.1, 0.15) is 11.3 Å². The molecule has 4 rings (SSSR count). The number of imidazole rings is 1. The second kappa shape index (κ2) is 8.55. The fourth-order valence-corrected chi connectivity index (χ4v) is 3.07. The van der Waals surface area contributed by atoms with Gasteiger partial charge in [0, 0.05) is 17.4 Å². The van der Waals surface area contributed by atoms with E-state index in [0.29, 0.717) is 13.2 Å². The highest BCUT2D eigenvalue weighted by atomic mass is 16.5. The molecule has 1 aromatic heterocycles. The van der Waals surface area contributed by atoms with Crippen molar-refractivity contribution in [3.05, 3.63) is 102 Å². The number of hydrogen-bond donors (Lipinski definition) is 0. The molecular weight excluding hydrogens is 348 g/mol. The lowest BCUT2D eigenvalue weighted by atomic mass is 10.2. The largest absolute Gasteiger partial charge is 0.497 e. The standard InChI is InChI=1S/C24H22N2O2/c1-27-23-14-12-19(13-15-23)17-28-18-21-16-26(22-10-6-3-7-11-22)24(25-21)20-8-4-2-5-9-20/h2-16H,17-18H2,1H3. The Morgan fingerprint density at radius 3 is 2.14 bits per heavy atom. The molecular formula is C24H22N2O2. The number of ether oxygens (including phenoxy) is 2. The van der Waals surface area contributed by atoms with E-state index in [1.807, 2.05) is 66.9 Å². The summed E-state index contributed by atoms with van der Waals surface area (Å²) < 4.78 is 13.2. The van der Waals surface area contributed by atoms with E-state index in [2.05, 4.69) is 28.8 Å². The molecule has 0 spiro atoms. The highest BCUT2D eigenvalue weighted by Crippen LogP contribution is 2.23. The minimum Gasteiger partial charge on any atom is -0.497 e. The van der Waals surface area contributed by atoms with Gasteiger partial charge in [0.25, 0.3) is 0 Å². The highest BCUT2D eigenvalue weighted by molar-refractivity contribution is 5.59. The first-order valence-electron chi connectivity index (χ1n) is 9.23. The molecule has 4 nitrogen and oxygen atoms in total. The fraction of sp³-hybridized carbons (Fsp3) is 0.125. The summed E-state index contributed by atoms with van der Waals surface area (Å²) in [6, 6.07) is 28.4. The third-order valence-electron chi connectivity index (χ3n) is 4.50. The second-order valence-electron chi connectivity index (χ2n) is 6.47. The quantitative estimate of drug-likeness (QED) is 0.445. The lowest BCUT2D eigenvalue weighted by Gasteiger charge is -2.07. The average Bonchev–Trinajstić information content (AvgIpc) is 3.20. The van der Waals surface area contributed by atoms with E-state index < -0.39 is 0 Å². The maximum absolute atomic E-state index is 5.90. The Bertz CT molecular complexity index is 953. The van der Waals surface area contributed by atoms with Gasteiger partial charge in [-0.25, -0.2) is 4.98 Å². The normalized spacial score (nSPS) is 10.8. The SMILES string of the molecule is COc1ccc(COCc2cn(-c3ccccc3)c(-c3ccccc3)n2)cc1. The minimum absolute atomic E-state index is 0.450. The molecule has 0 saturated carbocycles. The molecule has 0 N–H and O–H groups in total. The highest BCUT2D eigenvalue weighted by Gasteiger charge is 2.11. The van der Waals surface area contributed by atoms with E-state index in [0.717, 1.165) is 34.1 Å². The van der Waals surface area contributed by atoms with E-state index in [-0.39, 0.29) is 0 Å². The summed E-state index contributed by atoms with van der Waals surface area (Å²) in [4.78, 5) is 4.83. The number of nitrogens with zero attached hydrogens (tertiary/aromatic N) is 2. The van der Waals surface area contributed by atoms with Gasteiger partial charge in [-0.1, -0.05) is 60.7 Å². The summed E-state index contributed by atoms with van der Waals surface area (Å²) >= 11 is 0. The third-order valence-corrected chi connectivity index (χ3v) is 4.50. The molecule has 0 aliphatic heterocycles. The Balaban J connectivity index is 1.53. The van der Waals surface area contributed by atoms with Crippen LogP contribution in [0.5, 0.6) is 5.75 Å². The number of benzene rings is 3. The third kappa shape index (κ3) is 4.13. The van der Waals surface area contributed by atoms with E-state index >= 15 is 0 Å². The molecule has 4 aromatic rings. The van der Waals surface area contributed by atoms with Crippen LogP contribution in [0.3, 0.4) is 0 Å². The van der Waals surface area contributed by atoms with Crippen LogP contribution in [0.25, 0.3) is 17.1 Å². The number of methoxy groups -OCH3 is 1. The fourth-order valence-electron chi connectivity index (χ4n) is 3.07. The number of aromatic nitrogens is 2. The first kappa shape index (κ1) is 18.0. The van der Waals surface area contributed by atoms with Crippen LogP contribution >= 0.6 is 0 Å². The lowest BCUT2D eigenvalue weighted by Crippen LogP contribution is -1.95. The molecule has 0 bridgehead atoms. The van der Waals surface area contributed by atoms with Gasteiger partial charge in [-0.05, 0) is 29.8 Å². The lowest BCUT2D eigenvalue weighted by molar-refractivity contribution is 0.105. The molecule has 140 valence electrons. The summed E-state index contributed by atoms with van der Waals surface area (Å²) in [7, 11) is 1.67. The molecule has 1 heterocycles. The summed E-state index contributed by atoms with van der Waals surface area (Å²) in [5.74, 6) is 1.76. The molecule has 0 aliphatic carbocycles. The van der Waals surface area contributed by atoms with Gasteiger partial charge in [0.15, 0.2) is 0 Å². The molecule has 0 saturated heterocycles. The first-order chi connectivity index (χ1) is 13.8. The van der Waals surface area contributed by atoms with Crippen molar-refractivity contribution in [2.24, 2.45) is 0 Å². The van der Waals surface area contributed by atoms with E-state index in [1.54, 1.807) is 7.11 Å². The van der Waals surface area contributed by atoms with Crippen molar-refractivity contribution < 1.29 is 9.47 Å². The molecule has 3 aromatic carbocycles. The Hall–Kier alpha value is -3.37. The monoisotopic (exact) mass is 370 g/mol. The number of hydrogen-bond acceptors (Lipinski definition) is 3. The predicted octanol–water partition coefficient (Wildman–Crippen LogP) is 5.26. The van der Waals surface area contributed by atoms with Crippen molar-refractivity contribution in [3.63, 3.8) is 0 Å². The molecule has 4 heteroatoms. The van der Waals surface area contributed by atoms with Gasteiger partial charge in [-0.2, -0.15) is 0 Å². The summed E-state index contributed by atoms with van der Waals surface area (Å²) in [6.45, 7) is 0.981. The smallest absolute Gasteiger partial charge is 0.144 e. The summed E-state index contributed by atoms with van der Waals surface area (Å²) in [5, 5.41) is 0. The predicted molar refractivity (Wildman–Crippen MR) is 110 cm³/mol. The van der Waals surface area contributed by atoms with Gasteiger partial charge < -0.3 is 9.47 Å². The maximum Gasteiger partial charge on any atom is 0.144 e. The van der Waals surface area contributed by atoms with Gasteiger partial charge in [-0.3, -0.25) is 4.57 Å². The molecule has 0 radical (unpaired) electrons. The zero-order chi connectivity index (χ0) is 19.2. The van der Waals surface area contributed by atoms with Crippen LogP contribution in [0.4, 0.5) is 0 Å². The molecule has 0 atom stereocenters. The van der Waals surface area contributed by atoms with Crippen molar-refractivity contribution in [1.82, 2.24) is 9.55 Å². The molecule has 0 unspecified atom stereocenters. The van der Waals surface area contributed by atoms with Crippen molar-refractivity contribution in [1.29, 1.82) is 0 Å². The van der Waals surface area contributed by atoms with Crippen molar-refractivity contribution in [2.45, 2.75) is 13.2 Å². The Morgan fingerprint density at radius 2 is 1.46 bits per heavy atom. The Kier molecular flexibility index (Phi) is 5.50. The van der Waals surface area contributed by atoms with Crippen LogP contribution < -0.4 is 4.74 Å². The molecule has 0 fully saturated rings. The number of para-hydroxylation sites is 1. The van der Waals surface area contributed by atoms with Gasteiger partial charge in [0.1, 0.15) is 11.6 Å². The van der Waals surface area contributed by atoms with Gasteiger partial charge >= 0.3 is 0 Å². The van der Waals surface area contributed by atoms with E-state index in [1.165, 1.54) is 0 Å². The van der Waals surface area contributed by atoms with Crippen molar-refractivity contribution in [2.75, 3.05) is 7.11 Å². The molecule has 28 heavy (non-hydrogen) atoms. The zero-order valence-electron chi connectivity index (χ0n) is 15.8. The van der Waals surface area contributed by atoms with Crippen LogP contribution in [-0.2, 0) is 18.0 Å². The first-order valence-corrected chi connectivity index (χ1v) is 9.23. The number of rotatable bonds is 7. The van der Waals surface area contributed by atoms with Crippen LogP contribution in [0.2, 0.25) is 0 Å². The van der Waals surface area contributed by atoms with Gasteiger partial charge in [0.05, 0.1) is 26.0 Å². The van der Waals surface area contributed by atoms with Crippen molar-refractivity contribution in [3.8, 4) is 22.8 Å². The molecule has 0 amide bonds. The Labute approximate surface area is 165 Å². The van der Waals surface area contributed by atoms with Crippen LogP contribution in [0.15, 0.2) is 91.1 Å². The van der Waals surface area contributed by atoms with E-state index in [9.17, 15) is 0 Å². The zero-order valence-corrected chi connectivity index (χ0v) is 15.8. The summed E-state index contributed by atoms with van der Waals surface area (Å²) in [6.07, 6.45) is 2.05.